The summed E-state index contributed by atoms with van der Waals surface area (Å²) >= 11 is 0. The van der Waals surface area contributed by atoms with Crippen LogP contribution in [0.3, 0.4) is 0 Å². The van der Waals surface area contributed by atoms with Gasteiger partial charge in [0.25, 0.3) is 10.0 Å². The van der Waals surface area contributed by atoms with Crippen molar-refractivity contribution in [3.63, 3.8) is 0 Å². The van der Waals surface area contributed by atoms with Crippen LogP contribution in [0.2, 0.25) is 0 Å². The summed E-state index contributed by atoms with van der Waals surface area (Å²) in [5.74, 6) is 0. The third-order valence-corrected chi connectivity index (χ3v) is 4.39. The molecule has 1 aromatic heterocycles. The van der Waals surface area contributed by atoms with Gasteiger partial charge in [-0.3, -0.25) is 0 Å². The minimum atomic E-state index is -3.47. The van der Waals surface area contributed by atoms with E-state index in [2.05, 4.69) is 21.9 Å². The number of hydrogen-bond donors (Lipinski definition) is 2. The van der Waals surface area contributed by atoms with Crippen LogP contribution in [0.15, 0.2) is 17.6 Å². The van der Waals surface area contributed by atoms with Crippen LogP contribution in [0.1, 0.15) is 13.3 Å². The molecule has 0 spiro atoms. The van der Waals surface area contributed by atoms with Gasteiger partial charge >= 0.3 is 0 Å². The van der Waals surface area contributed by atoms with Crippen LogP contribution in [0.4, 0.5) is 0 Å². The molecule has 0 saturated carbocycles. The summed E-state index contributed by atoms with van der Waals surface area (Å²) in [4.78, 5) is 3.85. The molecule has 0 radical (unpaired) electrons. The zero-order chi connectivity index (χ0) is 12.5. The molecule has 1 saturated heterocycles. The average Bonchev–Trinajstić information content (AvgIpc) is 2.86. The number of aromatic nitrogens is 2. The zero-order valence-electron chi connectivity index (χ0n) is 10.1. The zero-order valence-corrected chi connectivity index (χ0v) is 10.9. The summed E-state index contributed by atoms with van der Waals surface area (Å²) < 4.78 is 28.1. The van der Waals surface area contributed by atoms with E-state index in [9.17, 15) is 8.42 Å². The first-order chi connectivity index (χ1) is 7.91. The van der Waals surface area contributed by atoms with Crippen LogP contribution in [0.5, 0.6) is 0 Å². The number of sulfonamides is 1. The first-order valence-corrected chi connectivity index (χ1v) is 7.08. The monoisotopic (exact) mass is 258 g/mol. The lowest BCUT2D eigenvalue weighted by Crippen LogP contribution is -2.37. The Labute approximate surface area is 101 Å². The van der Waals surface area contributed by atoms with Crippen LogP contribution < -0.4 is 10.0 Å². The Balaban J connectivity index is 2.03. The van der Waals surface area contributed by atoms with Gasteiger partial charge in [0.15, 0.2) is 5.03 Å². The highest BCUT2D eigenvalue weighted by Crippen LogP contribution is 2.23. The summed E-state index contributed by atoms with van der Waals surface area (Å²) in [6, 6.07) is 0. The van der Waals surface area contributed by atoms with E-state index in [4.69, 9.17) is 0 Å². The number of aryl methyl sites for hydroxylation is 1. The van der Waals surface area contributed by atoms with E-state index in [1.807, 2.05) is 0 Å². The van der Waals surface area contributed by atoms with Crippen molar-refractivity contribution in [2.75, 3.05) is 19.6 Å². The van der Waals surface area contributed by atoms with Crippen molar-refractivity contribution in [2.24, 2.45) is 12.5 Å². The molecule has 17 heavy (non-hydrogen) atoms. The molecule has 7 heteroatoms. The van der Waals surface area contributed by atoms with Gasteiger partial charge in [0, 0.05) is 26.3 Å². The maximum absolute atomic E-state index is 11.9. The number of hydrogen-bond acceptors (Lipinski definition) is 4. The maximum atomic E-state index is 11.9. The van der Waals surface area contributed by atoms with Crippen molar-refractivity contribution in [1.82, 2.24) is 19.6 Å². The van der Waals surface area contributed by atoms with E-state index in [0.29, 0.717) is 6.54 Å². The largest absolute Gasteiger partial charge is 0.339 e. The molecular weight excluding hydrogens is 240 g/mol. The Kier molecular flexibility index (Phi) is 3.24. The van der Waals surface area contributed by atoms with Gasteiger partial charge in [-0.05, 0) is 18.4 Å². The van der Waals surface area contributed by atoms with E-state index in [1.54, 1.807) is 11.6 Å². The Morgan fingerprint density at radius 2 is 2.41 bits per heavy atom. The summed E-state index contributed by atoms with van der Waals surface area (Å²) in [5, 5.41) is 3.32. The van der Waals surface area contributed by atoms with Gasteiger partial charge in [0.2, 0.25) is 0 Å². The molecule has 1 atom stereocenters. The molecule has 1 aliphatic rings. The minimum Gasteiger partial charge on any atom is -0.339 e. The standard InChI is InChI=1S/C10H18N4O2S/c1-10(3-4-11-6-10)7-13-17(15,16)9-5-14(2)8-12-9/h5,8,11,13H,3-4,6-7H2,1-2H3. The van der Waals surface area contributed by atoms with Crippen molar-refractivity contribution in [2.45, 2.75) is 18.4 Å². The third-order valence-electron chi connectivity index (χ3n) is 3.10. The number of imidazole rings is 1. The lowest BCUT2D eigenvalue weighted by Gasteiger charge is -2.22. The summed E-state index contributed by atoms with van der Waals surface area (Å²) in [7, 11) is -1.73. The van der Waals surface area contributed by atoms with Crippen molar-refractivity contribution in [3.8, 4) is 0 Å². The predicted molar refractivity (Wildman–Crippen MR) is 64.0 cm³/mol. The SMILES string of the molecule is Cn1cnc(S(=O)(=O)NCC2(C)CCNC2)c1. The molecule has 1 unspecified atom stereocenters. The van der Waals surface area contributed by atoms with Gasteiger partial charge in [-0.15, -0.1) is 0 Å². The number of nitrogens with zero attached hydrogens (tertiary/aromatic N) is 2. The molecule has 1 aromatic rings. The Hall–Kier alpha value is -0.920. The number of rotatable bonds is 4. The van der Waals surface area contributed by atoms with Gasteiger partial charge < -0.3 is 9.88 Å². The summed E-state index contributed by atoms with van der Waals surface area (Å²) in [5.41, 5.74) is 0.00184. The van der Waals surface area contributed by atoms with Crippen LogP contribution >= 0.6 is 0 Å². The highest BCUT2D eigenvalue weighted by atomic mass is 32.2. The van der Waals surface area contributed by atoms with Crippen molar-refractivity contribution >= 4 is 10.0 Å². The molecule has 0 amide bonds. The van der Waals surface area contributed by atoms with Gasteiger partial charge in [-0.25, -0.2) is 18.1 Å². The molecule has 0 bridgehead atoms. The lowest BCUT2D eigenvalue weighted by atomic mass is 9.90. The highest BCUT2D eigenvalue weighted by molar-refractivity contribution is 7.89. The van der Waals surface area contributed by atoms with E-state index < -0.39 is 10.0 Å². The van der Waals surface area contributed by atoms with Crippen molar-refractivity contribution in [1.29, 1.82) is 0 Å². The number of nitrogens with one attached hydrogen (secondary N) is 2. The smallest absolute Gasteiger partial charge is 0.259 e. The molecule has 0 aromatic carbocycles. The molecule has 2 heterocycles. The second kappa shape index (κ2) is 4.40. The van der Waals surface area contributed by atoms with E-state index in [1.165, 1.54) is 12.5 Å². The fraction of sp³-hybridized carbons (Fsp3) is 0.700. The topological polar surface area (TPSA) is 76.0 Å². The predicted octanol–water partition coefficient (Wildman–Crippen LogP) is -0.302. The molecule has 96 valence electrons. The third kappa shape index (κ3) is 2.85. The van der Waals surface area contributed by atoms with Crippen molar-refractivity contribution in [3.05, 3.63) is 12.5 Å². The summed E-state index contributed by atoms with van der Waals surface area (Å²) in [6.07, 6.45) is 3.96. The second-order valence-corrected chi connectivity index (χ2v) is 6.65. The fourth-order valence-electron chi connectivity index (χ4n) is 1.89. The minimum absolute atomic E-state index is 0.00184. The van der Waals surface area contributed by atoms with Crippen LogP contribution in [0, 0.1) is 5.41 Å². The highest BCUT2D eigenvalue weighted by Gasteiger charge is 2.30. The molecule has 1 fully saturated rings. The normalized spacial score (nSPS) is 25.3. The van der Waals surface area contributed by atoms with Gasteiger partial charge in [0.1, 0.15) is 0 Å². The molecule has 1 aliphatic heterocycles. The van der Waals surface area contributed by atoms with E-state index in [-0.39, 0.29) is 10.4 Å². The molecule has 2 N–H and O–H groups in total. The van der Waals surface area contributed by atoms with Gasteiger partial charge in [-0.2, -0.15) is 0 Å². The Morgan fingerprint density at radius 1 is 1.65 bits per heavy atom. The molecular formula is C10H18N4O2S. The van der Waals surface area contributed by atoms with Gasteiger partial charge in [-0.1, -0.05) is 6.92 Å². The Bertz CT molecular complexity index is 488. The lowest BCUT2D eigenvalue weighted by molar-refractivity contribution is 0.363. The molecule has 0 aliphatic carbocycles. The van der Waals surface area contributed by atoms with E-state index >= 15 is 0 Å². The molecule has 2 rings (SSSR count). The maximum Gasteiger partial charge on any atom is 0.259 e. The Morgan fingerprint density at radius 3 is 2.94 bits per heavy atom. The second-order valence-electron chi connectivity index (χ2n) is 4.94. The van der Waals surface area contributed by atoms with Crippen LogP contribution in [-0.4, -0.2) is 37.6 Å². The van der Waals surface area contributed by atoms with Gasteiger partial charge in [0.05, 0.1) is 6.33 Å². The quantitative estimate of drug-likeness (QED) is 0.777. The van der Waals surface area contributed by atoms with Crippen LogP contribution in [-0.2, 0) is 17.1 Å². The van der Waals surface area contributed by atoms with Crippen LogP contribution in [0.25, 0.3) is 0 Å². The van der Waals surface area contributed by atoms with Crippen molar-refractivity contribution < 1.29 is 8.42 Å². The van der Waals surface area contributed by atoms with E-state index in [0.717, 1.165) is 19.5 Å². The first kappa shape index (κ1) is 12.5. The molecule has 6 nitrogen and oxygen atoms in total. The fourth-order valence-corrected chi connectivity index (χ4v) is 3.07. The average molecular weight is 258 g/mol. The first-order valence-electron chi connectivity index (χ1n) is 5.60. The summed E-state index contributed by atoms with van der Waals surface area (Å²) in [6.45, 7) is 4.31.